The summed E-state index contributed by atoms with van der Waals surface area (Å²) in [5, 5.41) is 2.17. The molecule has 0 heterocycles. The lowest BCUT2D eigenvalue weighted by atomic mass is 10.3. The molecule has 0 fully saturated rings. The van der Waals surface area contributed by atoms with Crippen molar-refractivity contribution in [3.8, 4) is 0 Å². The predicted molar refractivity (Wildman–Crippen MR) is 59.9 cm³/mol. The van der Waals surface area contributed by atoms with Crippen LogP contribution >= 0.6 is 0 Å². The maximum Gasteiger partial charge on any atom is 0.134 e. The Labute approximate surface area is 111 Å². The number of benzene rings is 2. The van der Waals surface area contributed by atoms with Crippen LogP contribution in [0.25, 0.3) is 0 Å². The molecule has 4 heteroatoms. The third-order valence-corrected chi connectivity index (χ3v) is 1.93. The van der Waals surface area contributed by atoms with Gasteiger partial charge in [0, 0.05) is 8.41 Å². The number of quaternary nitrogens is 1. The number of hydrogen-bond acceptors (Lipinski definition) is 0. The molecule has 0 bridgehead atoms. The monoisotopic (exact) mass is 251 g/mol. The van der Waals surface area contributed by atoms with Crippen molar-refractivity contribution in [3.05, 3.63) is 60.7 Å². The quantitative estimate of drug-likeness (QED) is 0.412. The van der Waals surface area contributed by atoms with E-state index in [1.807, 2.05) is 12.1 Å². The normalized spacial score (nSPS) is 8.00. The standard InChI is InChI=1S/C12H11N.B.2ClH/c1-3-7-11(8-4-1)13-12-9-5-2-6-10-12;;;/h1-10,13H;;2*1H/p-1. The molecule has 0 aromatic heterocycles. The maximum absolute atomic E-state index is 2.17. The Bertz CT molecular complexity index is 330. The second kappa shape index (κ2) is 9.28. The van der Waals surface area contributed by atoms with Gasteiger partial charge in [0.25, 0.3) is 0 Å². The van der Waals surface area contributed by atoms with E-state index in [0.717, 1.165) is 0 Å². The van der Waals surface area contributed by atoms with E-state index >= 15 is 0 Å². The van der Waals surface area contributed by atoms with Crippen LogP contribution in [-0.4, -0.2) is 8.41 Å². The SMILES string of the molecule is [B].[Cl-].[Cl-].c1ccc([NH2+]c2ccccc2)cc1. The lowest BCUT2D eigenvalue weighted by Gasteiger charge is -1.98. The summed E-state index contributed by atoms with van der Waals surface area (Å²) in [5.74, 6) is 0. The smallest absolute Gasteiger partial charge is 0.134 e. The van der Waals surface area contributed by atoms with Crippen molar-refractivity contribution in [3.63, 3.8) is 0 Å². The molecule has 2 rings (SSSR count). The van der Waals surface area contributed by atoms with Gasteiger partial charge >= 0.3 is 0 Å². The van der Waals surface area contributed by atoms with Crippen LogP contribution < -0.4 is 30.1 Å². The first kappa shape index (κ1) is 17.4. The molecule has 1 nitrogen and oxygen atoms in total. The lowest BCUT2D eigenvalue weighted by Crippen LogP contribution is -3.00. The molecule has 0 aliphatic carbocycles. The summed E-state index contributed by atoms with van der Waals surface area (Å²) in [6, 6.07) is 20.7. The number of halogens is 2. The molecule has 83 valence electrons. The lowest BCUT2D eigenvalue weighted by molar-refractivity contribution is -0.478. The van der Waals surface area contributed by atoms with E-state index in [2.05, 4.69) is 53.8 Å². The molecule has 2 aromatic carbocycles. The topological polar surface area (TPSA) is 16.6 Å². The first-order valence-electron chi connectivity index (χ1n) is 4.40. The summed E-state index contributed by atoms with van der Waals surface area (Å²) >= 11 is 0. The van der Waals surface area contributed by atoms with E-state index in [1.54, 1.807) is 0 Å². The first-order chi connectivity index (χ1) is 6.45. The summed E-state index contributed by atoms with van der Waals surface area (Å²) < 4.78 is 0. The van der Waals surface area contributed by atoms with Gasteiger partial charge in [-0.25, -0.2) is 0 Å². The third-order valence-electron chi connectivity index (χ3n) is 1.93. The highest BCUT2D eigenvalue weighted by Crippen LogP contribution is 2.02. The van der Waals surface area contributed by atoms with Gasteiger partial charge in [0.2, 0.25) is 0 Å². The fourth-order valence-corrected chi connectivity index (χ4v) is 1.29. The minimum Gasteiger partial charge on any atom is -1.00 e. The Morgan fingerprint density at radius 2 is 0.875 bits per heavy atom. The molecule has 0 amide bonds. The van der Waals surface area contributed by atoms with E-state index < -0.39 is 0 Å². The van der Waals surface area contributed by atoms with Gasteiger partial charge in [-0.1, -0.05) is 36.4 Å². The van der Waals surface area contributed by atoms with Crippen LogP contribution in [0.15, 0.2) is 60.7 Å². The Morgan fingerprint density at radius 3 is 1.19 bits per heavy atom. The summed E-state index contributed by atoms with van der Waals surface area (Å²) in [6.07, 6.45) is 0. The number of rotatable bonds is 2. The van der Waals surface area contributed by atoms with Gasteiger partial charge in [-0.2, -0.15) is 0 Å². The Hall–Kier alpha value is -0.955. The minimum absolute atomic E-state index is 0. The molecule has 16 heavy (non-hydrogen) atoms. The summed E-state index contributed by atoms with van der Waals surface area (Å²) in [5.41, 5.74) is 2.49. The molecule has 2 aromatic rings. The first-order valence-corrected chi connectivity index (χ1v) is 4.40. The van der Waals surface area contributed by atoms with E-state index in [1.165, 1.54) is 11.4 Å². The second-order valence-corrected chi connectivity index (χ2v) is 2.97. The zero-order valence-corrected chi connectivity index (χ0v) is 10.2. The Kier molecular flexibility index (Phi) is 10.1. The van der Waals surface area contributed by atoms with Crippen LogP contribution in [0.4, 0.5) is 11.4 Å². The second-order valence-electron chi connectivity index (χ2n) is 2.97. The van der Waals surface area contributed by atoms with E-state index in [4.69, 9.17) is 0 Å². The average Bonchev–Trinajstić information content (AvgIpc) is 2.21. The molecule has 0 saturated heterocycles. The van der Waals surface area contributed by atoms with Crippen molar-refractivity contribution in [2.24, 2.45) is 0 Å². The van der Waals surface area contributed by atoms with Crippen molar-refractivity contribution >= 4 is 19.8 Å². The average molecular weight is 252 g/mol. The molecular weight excluding hydrogens is 240 g/mol. The van der Waals surface area contributed by atoms with Crippen LogP contribution in [-0.2, 0) is 0 Å². The molecule has 0 saturated carbocycles. The summed E-state index contributed by atoms with van der Waals surface area (Å²) in [7, 11) is 0. The zero-order valence-electron chi connectivity index (χ0n) is 8.68. The van der Waals surface area contributed by atoms with Crippen LogP contribution in [0.3, 0.4) is 0 Å². The van der Waals surface area contributed by atoms with Crippen molar-refractivity contribution < 1.29 is 30.1 Å². The van der Waals surface area contributed by atoms with Gasteiger partial charge in [-0.15, -0.1) is 0 Å². The molecule has 0 spiro atoms. The van der Waals surface area contributed by atoms with Gasteiger partial charge in [0.1, 0.15) is 11.4 Å². The van der Waals surface area contributed by atoms with Crippen molar-refractivity contribution in [2.75, 3.05) is 0 Å². The van der Waals surface area contributed by atoms with Crippen LogP contribution in [0.1, 0.15) is 0 Å². The van der Waals surface area contributed by atoms with E-state index in [-0.39, 0.29) is 33.2 Å². The van der Waals surface area contributed by atoms with Crippen LogP contribution in [0, 0.1) is 0 Å². The summed E-state index contributed by atoms with van der Waals surface area (Å²) in [6.45, 7) is 0. The number of nitrogens with two attached hydrogens (primary N) is 1. The molecule has 0 unspecified atom stereocenters. The van der Waals surface area contributed by atoms with Gasteiger partial charge in [-0.05, 0) is 24.3 Å². The van der Waals surface area contributed by atoms with Gasteiger partial charge in [0.15, 0.2) is 0 Å². The molecule has 0 aliphatic rings. The highest BCUT2D eigenvalue weighted by Gasteiger charge is 1.96. The third kappa shape index (κ3) is 5.22. The largest absolute Gasteiger partial charge is 1.00 e. The van der Waals surface area contributed by atoms with Crippen LogP contribution in [0.2, 0.25) is 0 Å². The Morgan fingerprint density at radius 1 is 0.562 bits per heavy atom. The van der Waals surface area contributed by atoms with Gasteiger partial charge in [-0.3, -0.25) is 5.32 Å². The number of para-hydroxylation sites is 2. The van der Waals surface area contributed by atoms with E-state index in [9.17, 15) is 0 Å². The highest BCUT2D eigenvalue weighted by atomic mass is 35.5. The van der Waals surface area contributed by atoms with E-state index in [0.29, 0.717) is 0 Å². The van der Waals surface area contributed by atoms with Gasteiger partial charge < -0.3 is 24.8 Å². The minimum atomic E-state index is 0. The number of hydrogen-bond donors (Lipinski definition) is 1. The highest BCUT2D eigenvalue weighted by molar-refractivity contribution is 5.75. The maximum atomic E-state index is 2.17. The predicted octanol–water partition coefficient (Wildman–Crippen LogP) is -4.16. The molecular formula is C12H12BCl2N-. The molecule has 0 atom stereocenters. The fourth-order valence-electron chi connectivity index (χ4n) is 1.29. The molecule has 2 N–H and O–H groups in total. The van der Waals surface area contributed by atoms with Crippen LogP contribution in [0.5, 0.6) is 0 Å². The molecule has 3 radical (unpaired) electrons. The summed E-state index contributed by atoms with van der Waals surface area (Å²) in [4.78, 5) is 0. The Balaban J connectivity index is 0. The van der Waals surface area contributed by atoms with Crippen molar-refractivity contribution in [2.45, 2.75) is 0 Å². The van der Waals surface area contributed by atoms with Crippen molar-refractivity contribution in [1.82, 2.24) is 0 Å². The zero-order chi connectivity index (χ0) is 8.93. The van der Waals surface area contributed by atoms with Gasteiger partial charge in [0.05, 0.1) is 0 Å². The fraction of sp³-hybridized carbons (Fsp3) is 0. The molecule has 0 aliphatic heterocycles. The van der Waals surface area contributed by atoms with Crippen molar-refractivity contribution in [1.29, 1.82) is 0 Å².